The van der Waals surface area contributed by atoms with Crippen LogP contribution in [-0.4, -0.2) is 0 Å². The van der Waals surface area contributed by atoms with Crippen LogP contribution in [-0.2, 0) is 5.54 Å². The molecular formula is C18H31N. The molecule has 0 aliphatic rings. The van der Waals surface area contributed by atoms with Gasteiger partial charge in [0.1, 0.15) is 0 Å². The van der Waals surface area contributed by atoms with Crippen molar-refractivity contribution in [3.63, 3.8) is 0 Å². The Balaban J connectivity index is 2.48. The Morgan fingerprint density at radius 1 is 1.00 bits per heavy atom. The van der Waals surface area contributed by atoms with Gasteiger partial charge in [-0.1, -0.05) is 69.2 Å². The van der Waals surface area contributed by atoms with Crippen molar-refractivity contribution in [2.24, 2.45) is 5.73 Å². The molecule has 1 atom stereocenters. The number of aryl methyl sites for hydroxylation is 2. The van der Waals surface area contributed by atoms with E-state index in [1.165, 1.54) is 55.2 Å². The van der Waals surface area contributed by atoms with E-state index in [9.17, 15) is 0 Å². The van der Waals surface area contributed by atoms with Gasteiger partial charge in [0.15, 0.2) is 0 Å². The summed E-state index contributed by atoms with van der Waals surface area (Å²) < 4.78 is 0. The van der Waals surface area contributed by atoms with Gasteiger partial charge in [0.05, 0.1) is 0 Å². The highest BCUT2D eigenvalue weighted by atomic mass is 14.7. The van der Waals surface area contributed by atoms with Crippen LogP contribution < -0.4 is 5.73 Å². The van der Waals surface area contributed by atoms with Crippen LogP contribution in [0.2, 0.25) is 0 Å². The van der Waals surface area contributed by atoms with E-state index in [0.717, 1.165) is 6.42 Å². The molecule has 19 heavy (non-hydrogen) atoms. The topological polar surface area (TPSA) is 26.0 Å². The molecule has 1 aromatic rings. The third-order valence-electron chi connectivity index (χ3n) is 4.06. The van der Waals surface area contributed by atoms with Crippen LogP contribution in [0.25, 0.3) is 0 Å². The molecule has 0 radical (unpaired) electrons. The zero-order chi connectivity index (χ0) is 14.3. The van der Waals surface area contributed by atoms with Crippen LogP contribution in [0.4, 0.5) is 0 Å². The summed E-state index contributed by atoms with van der Waals surface area (Å²) in [6, 6.07) is 6.61. The van der Waals surface area contributed by atoms with Gasteiger partial charge in [-0.05, 0) is 38.3 Å². The molecule has 0 amide bonds. The van der Waals surface area contributed by atoms with Crippen molar-refractivity contribution >= 4 is 0 Å². The second-order valence-electron chi connectivity index (χ2n) is 6.25. The first-order valence-corrected chi connectivity index (χ1v) is 7.84. The highest BCUT2D eigenvalue weighted by Gasteiger charge is 2.22. The van der Waals surface area contributed by atoms with Crippen molar-refractivity contribution in [1.82, 2.24) is 0 Å². The zero-order valence-electron chi connectivity index (χ0n) is 13.3. The summed E-state index contributed by atoms with van der Waals surface area (Å²) in [5.41, 5.74) is 10.3. The Kier molecular flexibility index (Phi) is 6.57. The molecular weight excluding hydrogens is 230 g/mol. The van der Waals surface area contributed by atoms with Gasteiger partial charge in [0, 0.05) is 5.54 Å². The van der Waals surface area contributed by atoms with E-state index in [2.05, 4.69) is 45.9 Å². The molecule has 2 N–H and O–H groups in total. The minimum Gasteiger partial charge on any atom is -0.322 e. The fourth-order valence-corrected chi connectivity index (χ4v) is 2.76. The quantitative estimate of drug-likeness (QED) is 0.637. The van der Waals surface area contributed by atoms with Crippen LogP contribution in [0.15, 0.2) is 18.2 Å². The molecule has 108 valence electrons. The van der Waals surface area contributed by atoms with E-state index in [1.807, 2.05) is 0 Å². The molecule has 0 spiro atoms. The molecule has 1 unspecified atom stereocenters. The molecule has 1 heteroatoms. The summed E-state index contributed by atoms with van der Waals surface area (Å²) in [4.78, 5) is 0. The highest BCUT2D eigenvalue weighted by molar-refractivity contribution is 5.35. The number of benzene rings is 1. The predicted octanol–water partition coefficient (Wildman–Crippen LogP) is 5.23. The van der Waals surface area contributed by atoms with Gasteiger partial charge in [0.2, 0.25) is 0 Å². The first-order chi connectivity index (χ1) is 8.97. The lowest BCUT2D eigenvalue weighted by Crippen LogP contribution is -2.33. The lowest BCUT2D eigenvalue weighted by Gasteiger charge is -2.27. The largest absolute Gasteiger partial charge is 0.322 e. The fourth-order valence-electron chi connectivity index (χ4n) is 2.76. The molecule has 1 aromatic carbocycles. The maximum atomic E-state index is 6.55. The summed E-state index contributed by atoms with van der Waals surface area (Å²) in [5, 5.41) is 0. The molecule has 0 aliphatic carbocycles. The van der Waals surface area contributed by atoms with Crippen LogP contribution >= 0.6 is 0 Å². The Bertz CT molecular complexity index is 379. The van der Waals surface area contributed by atoms with Crippen LogP contribution in [0.5, 0.6) is 0 Å². The Morgan fingerprint density at radius 2 is 1.63 bits per heavy atom. The first kappa shape index (κ1) is 16.2. The second-order valence-corrected chi connectivity index (χ2v) is 6.25. The van der Waals surface area contributed by atoms with Gasteiger partial charge in [0.25, 0.3) is 0 Å². The summed E-state index contributed by atoms with van der Waals surface area (Å²) in [7, 11) is 0. The van der Waals surface area contributed by atoms with E-state index >= 15 is 0 Å². The molecule has 1 nitrogen and oxygen atoms in total. The number of nitrogens with two attached hydrogens (primary N) is 1. The van der Waals surface area contributed by atoms with Gasteiger partial charge < -0.3 is 5.73 Å². The van der Waals surface area contributed by atoms with Crippen molar-refractivity contribution < 1.29 is 0 Å². The average Bonchev–Trinajstić information content (AvgIpc) is 2.36. The molecule has 0 saturated carbocycles. The molecule has 0 saturated heterocycles. The van der Waals surface area contributed by atoms with Crippen molar-refractivity contribution in [3.05, 3.63) is 34.9 Å². The highest BCUT2D eigenvalue weighted by Crippen LogP contribution is 2.28. The molecule has 1 rings (SSSR count). The number of unbranched alkanes of at least 4 members (excludes halogenated alkanes) is 5. The monoisotopic (exact) mass is 261 g/mol. The number of rotatable bonds is 8. The maximum absolute atomic E-state index is 6.55. The van der Waals surface area contributed by atoms with Crippen molar-refractivity contribution in [2.45, 2.75) is 78.2 Å². The molecule has 0 aliphatic heterocycles. The molecule has 0 aromatic heterocycles. The van der Waals surface area contributed by atoms with Gasteiger partial charge in [-0.15, -0.1) is 0 Å². The summed E-state index contributed by atoms with van der Waals surface area (Å²) in [6.45, 7) is 8.75. The van der Waals surface area contributed by atoms with Gasteiger partial charge >= 0.3 is 0 Å². The van der Waals surface area contributed by atoms with Crippen LogP contribution in [0.3, 0.4) is 0 Å². The third kappa shape index (κ3) is 5.36. The third-order valence-corrected chi connectivity index (χ3v) is 4.06. The predicted molar refractivity (Wildman–Crippen MR) is 85.4 cm³/mol. The van der Waals surface area contributed by atoms with Crippen LogP contribution in [0, 0.1) is 13.8 Å². The lowest BCUT2D eigenvalue weighted by molar-refractivity contribution is 0.419. The van der Waals surface area contributed by atoms with Crippen molar-refractivity contribution in [1.29, 1.82) is 0 Å². The smallest absolute Gasteiger partial charge is 0.0383 e. The molecule has 0 bridgehead atoms. The van der Waals surface area contributed by atoms with Crippen molar-refractivity contribution in [3.8, 4) is 0 Å². The summed E-state index contributed by atoms with van der Waals surface area (Å²) in [6.07, 6.45) is 9.07. The Morgan fingerprint density at radius 3 is 2.32 bits per heavy atom. The second kappa shape index (κ2) is 7.69. The van der Waals surface area contributed by atoms with E-state index in [0.29, 0.717) is 0 Å². The maximum Gasteiger partial charge on any atom is 0.0383 e. The first-order valence-electron chi connectivity index (χ1n) is 7.84. The van der Waals surface area contributed by atoms with Gasteiger partial charge in [-0.3, -0.25) is 0 Å². The standard InChI is InChI=1S/C18H31N/c1-5-6-7-8-9-10-13-18(4,19)17-14-15(2)11-12-16(17)3/h11-12,14H,5-10,13,19H2,1-4H3. The van der Waals surface area contributed by atoms with Gasteiger partial charge in [-0.2, -0.15) is 0 Å². The van der Waals surface area contributed by atoms with E-state index < -0.39 is 0 Å². The Labute approximate surface area is 119 Å². The summed E-state index contributed by atoms with van der Waals surface area (Å²) >= 11 is 0. The molecule has 0 fully saturated rings. The van der Waals surface area contributed by atoms with E-state index in [-0.39, 0.29) is 5.54 Å². The van der Waals surface area contributed by atoms with Crippen LogP contribution in [0.1, 0.15) is 75.5 Å². The zero-order valence-corrected chi connectivity index (χ0v) is 13.3. The average molecular weight is 261 g/mol. The number of hydrogen-bond donors (Lipinski definition) is 1. The van der Waals surface area contributed by atoms with Gasteiger partial charge in [-0.25, -0.2) is 0 Å². The SMILES string of the molecule is CCCCCCCCC(C)(N)c1cc(C)ccc1C. The normalized spacial score (nSPS) is 14.4. The fraction of sp³-hybridized carbons (Fsp3) is 0.667. The van der Waals surface area contributed by atoms with Crippen molar-refractivity contribution in [2.75, 3.05) is 0 Å². The minimum absolute atomic E-state index is 0.180. The van der Waals surface area contributed by atoms with E-state index in [1.54, 1.807) is 0 Å². The lowest BCUT2D eigenvalue weighted by atomic mass is 9.84. The number of hydrogen-bond acceptors (Lipinski definition) is 1. The van der Waals surface area contributed by atoms with E-state index in [4.69, 9.17) is 5.73 Å². The minimum atomic E-state index is -0.180. The Hall–Kier alpha value is -0.820. The molecule has 0 heterocycles. The summed E-state index contributed by atoms with van der Waals surface area (Å²) in [5.74, 6) is 0.